The number of para-hydroxylation sites is 3. The van der Waals surface area contributed by atoms with Crippen LogP contribution in [0.5, 0.6) is 0 Å². The molecule has 0 spiro atoms. The lowest BCUT2D eigenvalue weighted by molar-refractivity contribution is 0.590. The first-order chi connectivity index (χ1) is 38.8. The van der Waals surface area contributed by atoms with Gasteiger partial charge in [0.05, 0.1) is 27.1 Å². The lowest BCUT2D eigenvalue weighted by Gasteiger charge is -2.46. The van der Waals surface area contributed by atoms with Crippen LogP contribution < -0.4 is 26.2 Å². The van der Waals surface area contributed by atoms with Gasteiger partial charge in [-0.25, -0.2) is 0 Å². The second kappa shape index (κ2) is 18.6. The van der Waals surface area contributed by atoms with Crippen molar-refractivity contribution in [1.82, 2.24) is 4.57 Å². The molecule has 0 amide bonds. The summed E-state index contributed by atoms with van der Waals surface area (Å²) in [4.78, 5) is 5.43. The molecule has 0 saturated heterocycles. The van der Waals surface area contributed by atoms with Gasteiger partial charge in [-0.2, -0.15) is 0 Å². The van der Waals surface area contributed by atoms with Gasteiger partial charge in [-0.15, -0.1) is 11.3 Å². The summed E-state index contributed by atoms with van der Waals surface area (Å²) in [6, 6.07) is 91.7. The number of benzene rings is 11. The van der Waals surface area contributed by atoms with Crippen LogP contribution in [0.15, 0.2) is 243 Å². The Morgan fingerprint density at radius 1 is 0.430 bits per heavy atom. The summed E-state index contributed by atoms with van der Waals surface area (Å²) in [5.41, 5.74) is 24.4. The minimum absolute atomic E-state index is 0.114. The zero-order valence-electron chi connectivity index (χ0n) is 45.0. The molecule has 2 aliphatic heterocycles. The Morgan fingerprint density at radius 2 is 1.01 bits per heavy atom. The maximum atomic E-state index is 2.73. The van der Waals surface area contributed by atoms with Gasteiger partial charge in [0.25, 0.3) is 6.71 Å². The highest BCUT2D eigenvalue weighted by Crippen LogP contribution is 2.54. The summed E-state index contributed by atoms with van der Waals surface area (Å²) < 4.78 is 5.15. The molecule has 0 saturated carbocycles. The quantitative estimate of drug-likeness (QED) is 0.134. The van der Waals surface area contributed by atoms with E-state index >= 15 is 0 Å². The number of aryl methyl sites for hydroxylation is 1. The minimum Gasteiger partial charge on any atom is -0.310 e. The molecule has 0 unspecified atom stereocenters. The van der Waals surface area contributed by atoms with Gasteiger partial charge < -0.3 is 14.4 Å². The van der Waals surface area contributed by atoms with Gasteiger partial charge in [0.15, 0.2) is 0 Å². The largest absolute Gasteiger partial charge is 0.310 e. The van der Waals surface area contributed by atoms with Crippen molar-refractivity contribution in [2.45, 2.75) is 52.4 Å². The molecule has 5 heteroatoms. The Morgan fingerprint density at radius 3 is 1.65 bits per heavy atom. The van der Waals surface area contributed by atoms with Crippen molar-refractivity contribution in [3.63, 3.8) is 0 Å². The van der Waals surface area contributed by atoms with E-state index in [2.05, 4.69) is 285 Å². The highest BCUT2D eigenvalue weighted by molar-refractivity contribution is 7.26. The van der Waals surface area contributed by atoms with Crippen molar-refractivity contribution in [3.05, 3.63) is 254 Å². The summed E-state index contributed by atoms with van der Waals surface area (Å²) in [7, 11) is 0. The highest BCUT2D eigenvalue weighted by Gasteiger charge is 2.46. The van der Waals surface area contributed by atoms with E-state index in [1.165, 1.54) is 131 Å². The number of nitrogens with zero attached hydrogens (tertiary/aromatic N) is 3. The average Bonchev–Trinajstić information content (AvgIpc) is 4.18. The van der Waals surface area contributed by atoms with Crippen LogP contribution in [0.3, 0.4) is 0 Å². The summed E-state index contributed by atoms with van der Waals surface area (Å²) in [6.45, 7) is 9.38. The molecule has 0 fully saturated rings. The molecular weight excluding hydrogens is 974 g/mol. The van der Waals surface area contributed by atoms with Gasteiger partial charge in [0.1, 0.15) is 0 Å². The first kappa shape index (κ1) is 47.3. The Kier molecular flexibility index (Phi) is 11.2. The Hall–Kier alpha value is -8.90. The fourth-order valence-electron chi connectivity index (χ4n) is 13.2. The van der Waals surface area contributed by atoms with Crippen LogP contribution in [0, 0.1) is 0 Å². The van der Waals surface area contributed by atoms with Gasteiger partial charge >= 0.3 is 0 Å². The zero-order valence-corrected chi connectivity index (χ0v) is 45.9. The summed E-state index contributed by atoms with van der Waals surface area (Å²) in [6.07, 6.45) is 3.21. The molecule has 3 nitrogen and oxygen atoms in total. The number of thiophene rings is 1. The minimum atomic E-state index is -0.212. The maximum Gasteiger partial charge on any atom is 0.252 e. The first-order valence-corrected chi connectivity index (χ1v) is 28.9. The molecule has 4 heterocycles. The third-order valence-electron chi connectivity index (χ3n) is 16.9. The van der Waals surface area contributed by atoms with Crippen molar-refractivity contribution < 1.29 is 0 Å². The van der Waals surface area contributed by atoms with Crippen LogP contribution in [-0.2, 0) is 11.8 Å². The first-order valence-electron chi connectivity index (χ1n) is 28.1. The lowest BCUT2D eigenvalue weighted by Crippen LogP contribution is -2.61. The molecule has 2 aromatic heterocycles. The monoisotopic (exact) mass is 1030 g/mol. The second-order valence-corrected chi connectivity index (χ2v) is 23.7. The van der Waals surface area contributed by atoms with E-state index < -0.39 is 0 Å². The fourth-order valence-corrected chi connectivity index (χ4v) is 14.4. The highest BCUT2D eigenvalue weighted by atomic mass is 32.1. The van der Waals surface area contributed by atoms with E-state index in [4.69, 9.17) is 0 Å². The predicted molar refractivity (Wildman–Crippen MR) is 341 cm³/mol. The van der Waals surface area contributed by atoms with Crippen LogP contribution in [-0.4, -0.2) is 11.3 Å². The lowest BCUT2D eigenvalue weighted by atomic mass is 9.33. The van der Waals surface area contributed by atoms with E-state index in [0.29, 0.717) is 0 Å². The van der Waals surface area contributed by atoms with Crippen LogP contribution in [0.4, 0.5) is 34.1 Å². The van der Waals surface area contributed by atoms with E-state index in [-0.39, 0.29) is 12.1 Å². The topological polar surface area (TPSA) is 11.4 Å². The number of aromatic nitrogens is 1. The standard InChI is InChI=1S/C74H58BN3S/c1-5-6-23-51-38-41-60-59-32-18-21-37-69(59)79-73(60)71(51)77-65-43-39-52(48-24-10-7-11-25-48)44-62(65)75-61-42-40-54(76-63-35-19-16-30-57(63)58-31-17-20-36-64(58)76)47-66(61)78(68-46-53(74(2,3)4)45-67(77)70(68)75)72-55(49-26-12-8-13-27-49)33-22-34-56(72)50-28-14-9-15-29-50/h7-22,24-47H,5-6,23H2,1-4H3. The Balaban J connectivity index is 1.12. The molecule has 13 aromatic rings. The van der Waals surface area contributed by atoms with Crippen molar-refractivity contribution in [3.8, 4) is 39.1 Å². The van der Waals surface area contributed by atoms with Gasteiger partial charge in [0, 0.05) is 65.8 Å². The molecule has 2 aliphatic rings. The smallest absolute Gasteiger partial charge is 0.252 e. The molecular formula is C74H58BN3S. The molecule has 0 bridgehead atoms. The summed E-state index contributed by atoms with van der Waals surface area (Å²) in [5, 5.41) is 5.13. The molecule has 79 heavy (non-hydrogen) atoms. The number of hydrogen-bond donors (Lipinski definition) is 0. The normalized spacial score (nSPS) is 12.9. The predicted octanol–water partition coefficient (Wildman–Crippen LogP) is 18.9. The van der Waals surface area contributed by atoms with Gasteiger partial charge in [-0.1, -0.05) is 228 Å². The average molecular weight is 1030 g/mol. The molecule has 0 radical (unpaired) electrons. The van der Waals surface area contributed by atoms with Crippen LogP contribution >= 0.6 is 11.3 Å². The Bertz CT molecular complexity index is 4420. The van der Waals surface area contributed by atoms with Crippen molar-refractivity contribution >= 4 is 111 Å². The Labute approximate surface area is 467 Å². The third-order valence-corrected chi connectivity index (χ3v) is 18.1. The van der Waals surface area contributed by atoms with Gasteiger partial charge in [-0.05, 0) is 117 Å². The molecule has 0 N–H and O–H groups in total. The van der Waals surface area contributed by atoms with Crippen molar-refractivity contribution in [2.24, 2.45) is 0 Å². The number of hydrogen-bond acceptors (Lipinski definition) is 3. The van der Waals surface area contributed by atoms with Crippen LogP contribution in [0.25, 0.3) is 81.0 Å². The number of anilines is 6. The molecule has 0 atom stereocenters. The third kappa shape index (κ3) is 7.54. The van der Waals surface area contributed by atoms with Gasteiger partial charge in [0.2, 0.25) is 0 Å². The van der Waals surface area contributed by atoms with Crippen LogP contribution in [0.2, 0.25) is 0 Å². The molecule has 11 aromatic carbocycles. The fraction of sp³-hybridized carbons (Fsp3) is 0.108. The summed E-state index contributed by atoms with van der Waals surface area (Å²) in [5.74, 6) is 0. The maximum absolute atomic E-state index is 2.73. The number of fused-ring (bicyclic) bond motifs is 10. The molecule has 378 valence electrons. The van der Waals surface area contributed by atoms with E-state index in [0.717, 1.165) is 30.6 Å². The van der Waals surface area contributed by atoms with Crippen molar-refractivity contribution in [1.29, 1.82) is 0 Å². The summed E-state index contributed by atoms with van der Waals surface area (Å²) >= 11 is 1.95. The number of rotatable bonds is 9. The van der Waals surface area contributed by atoms with E-state index in [9.17, 15) is 0 Å². The van der Waals surface area contributed by atoms with E-state index in [1.807, 2.05) is 11.3 Å². The molecule has 0 aliphatic carbocycles. The SMILES string of the molecule is CCCCc1ccc2c(sc3ccccc32)c1N1c2ccc(-c3ccccc3)cc2B2c3ccc(-n4c5ccccc5c5ccccc54)cc3N(c3c(-c4ccccc4)cccc3-c3ccccc3)c3cc(C(C)(C)C)cc1c32. The molecule has 15 rings (SSSR count). The van der Waals surface area contributed by atoms with E-state index in [1.54, 1.807) is 0 Å². The van der Waals surface area contributed by atoms with Crippen LogP contribution in [0.1, 0.15) is 51.7 Å². The second-order valence-electron chi connectivity index (χ2n) is 22.6. The zero-order chi connectivity index (χ0) is 52.9. The number of unbranched alkanes of at least 4 members (excludes halogenated alkanes) is 1. The van der Waals surface area contributed by atoms with Crippen molar-refractivity contribution in [2.75, 3.05) is 9.80 Å². The van der Waals surface area contributed by atoms with Gasteiger partial charge in [-0.3, -0.25) is 0 Å².